The third-order valence-electron chi connectivity index (χ3n) is 4.42. The van der Waals surface area contributed by atoms with Crippen molar-refractivity contribution in [2.24, 2.45) is 0 Å². The summed E-state index contributed by atoms with van der Waals surface area (Å²) in [7, 11) is 5.23. The lowest BCUT2D eigenvalue weighted by Crippen LogP contribution is -2.12. The van der Waals surface area contributed by atoms with Gasteiger partial charge < -0.3 is 19.9 Å². The van der Waals surface area contributed by atoms with Crippen LogP contribution in [0, 0.1) is 0 Å². The van der Waals surface area contributed by atoms with Gasteiger partial charge in [0.05, 0.1) is 20.3 Å². The van der Waals surface area contributed by atoms with E-state index in [1.165, 1.54) is 0 Å². The Balaban J connectivity index is 2.32. The second-order valence-electron chi connectivity index (χ2n) is 5.84. The summed E-state index contributed by atoms with van der Waals surface area (Å²) in [6, 6.07) is 14.0. The Labute approximate surface area is 142 Å². The zero-order chi connectivity index (χ0) is 17.1. The molecule has 0 aromatic heterocycles. The maximum absolute atomic E-state index is 10.7. The highest BCUT2D eigenvalue weighted by molar-refractivity contribution is 6.12. The van der Waals surface area contributed by atoms with Gasteiger partial charge in [0.15, 0.2) is 0 Å². The Morgan fingerprint density at radius 2 is 1.88 bits per heavy atom. The molecule has 0 heterocycles. The van der Waals surface area contributed by atoms with E-state index in [1.807, 2.05) is 43.4 Å². The van der Waals surface area contributed by atoms with Gasteiger partial charge >= 0.3 is 0 Å². The lowest BCUT2D eigenvalue weighted by molar-refractivity contribution is 0.169. The van der Waals surface area contributed by atoms with E-state index < -0.39 is 6.10 Å². The molecular formula is C20H23NO3. The molecule has 4 nitrogen and oxygen atoms in total. The van der Waals surface area contributed by atoms with Crippen molar-refractivity contribution >= 4 is 21.5 Å². The molecule has 0 amide bonds. The van der Waals surface area contributed by atoms with Crippen LogP contribution in [0.1, 0.15) is 18.1 Å². The number of benzene rings is 3. The van der Waals surface area contributed by atoms with Gasteiger partial charge in [-0.25, -0.2) is 0 Å². The minimum absolute atomic E-state index is 0.524. The first kappa shape index (κ1) is 16.6. The Hall–Kier alpha value is -2.30. The monoisotopic (exact) mass is 325 g/mol. The number of fused-ring (bicyclic) bond motifs is 3. The van der Waals surface area contributed by atoms with Crippen molar-refractivity contribution in [1.29, 1.82) is 0 Å². The molecule has 1 atom stereocenters. The number of aliphatic hydroxyl groups excluding tert-OH is 1. The zero-order valence-electron chi connectivity index (χ0n) is 14.3. The van der Waals surface area contributed by atoms with E-state index in [2.05, 4.69) is 11.4 Å². The van der Waals surface area contributed by atoms with Gasteiger partial charge in [-0.3, -0.25) is 0 Å². The number of ether oxygens (including phenoxy) is 2. The van der Waals surface area contributed by atoms with Crippen LogP contribution in [0.2, 0.25) is 0 Å². The van der Waals surface area contributed by atoms with Gasteiger partial charge in [-0.05, 0) is 66.0 Å². The summed E-state index contributed by atoms with van der Waals surface area (Å²) >= 11 is 0. The van der Waals surface area contributed by atoms with Crippen molar-refractivity contribution in [2.45, 2.75) is 12.5 Å². The van der Waals surface area contributed by atoms with Gasteiger partial charge in [-0.2, -0.15) is 0 Å². The van der Waals surface area contributed by atoms with Crippen molar-refractivity contribution in [1.82, 2.24) is 5.32 Å². The van der Waals surface area contributed by atoms with E-state index in [4.69, 9.17) is 9.47 Å². The Morgan fingerprint density at radius 1 is 1.04 bits per heavy atom. The maximum Gasteiger partial charge on any atom is 0.127 e. The largest absolute Gasteiger partial charge is 0.497 e. The highest BCUT2D eigenvalue weighted by Crippen LogP contribution is 2.39. The van der Waals surface area contributed by atoms with Crippen LogP contribution < -0.4 is 14.8 Å². The number of rotatable bonds is 6. The third-order valence-corrected chi connectivity index (χ3v) is 4.42. The van der Waals surface area contributed by atoms with Gasteiger partial charge in [0.25, 0.3) is 0 Å². The van der Waals surface area contributed by atoms with Gasteiger partial charge in [-0.15, -0.1) is 0 Å². The Morgan fingerprint density at radius 3 is 2.58 bits per heavy atom. The average Bonchev–Trinajstić information content (AvgIpc) is 2.64. The maximum atomic E-state index is 10.7. The fourth-order valence-corrected chi connectivity index (χ4v) is 3.19. The number of methoxy groups -OCH3 is 2. The van der Waals surface area contributed by atoms with Crippen molar-refractivity contribution in [3.8, 4) is 11.5 Å². The zero-order valence-corrected chi connectivity index (χ0v) is 14.3. The van der Waals surface area contributed by atoms with E-state index in [9.17, 15) is 5.11 Å². The van der Waals surface area contributed by atoms with Crippen molar-refractivity contribution < 1.29 is 14.6 Å². The quantitative estimate of drug-likeness (QED) is 0.679. The number of aliphatic hydroxyl groups is 1. The van der Waals surface area contributed by atoms with Crippen LogP contribution in [0.5, 0.6) is 11.5 Å². The van der Waals surface area contributed by atoms with Crippen molar-refractivity contribution in [2.75, 3.05) is 27.8 Å². The first-order valence-corrected chi connectivity index (χ1v) is 8.09. The van der Waals surface area contributed by atoms with E-state index in [1.54, 1.807) is 14.2 Å². The van der Waals surface area contributed by atoms with Gasteiger partial charge in [0.2, 0.25) is 0 Å². The molecule has 3 aromatic rings. The average molecular weight is 325 g/mol. The summed E-state index contributed by atoms with van der Waals surface area (Å²) in [6.45, 7) is 0.759. The summed E-state index contributed by atoms with van der Waals surface area (Å²) in [4.78, 5) is 0. The fraction of sp³-hybridized carbons (Fsp3) is 0.300. The standard InChI is InChI=1S/C20H23NO3/c1-21-10-9-18(22)16-11-13-5-4-6-19(24-3)20(13)17-12-14(23-2)7-8-15(16)17/h4-8,11-12,18,21-22H,9-10H2,1-3H3. The van der Waals surface area contributed by atoms with E-state index >= 15 is 0 Å². The highest BCUT2D eigenvalue weighted by Gasteiger charge is 2.16. The Bertz CT molecular complexity index is 860. The predicted molar refractivity (Wildman–Crippen MR) is 98.1 cm³/mol. The van der Waals surface area contributed by atoms with Crippen LogP contribution in [0.4, 0.5) is 0 Å². The third kappa shape index (κ3) is 2.90. The van der Waals surface area contributed by atoms with E-state index in [0.29, 0.717) is 6.42 Å². The number of hydrogen-bond acceptors (Lipinski definition) is 4. The summed E-state index contributed by atoms with van der Waals surface area (Å²) in [6.07, 6.45) is 0.136. The molecule has 3 aromatic carbocycles. The molecule has 2 N–H and O–H groups in total. The number of nitrogens with one attached hydrogen (secondary N) is 1. The second kappa shape index (κ2) is 7.07. The molecule has 0 radical (unpaired) electrons. The summed E-state index contributed by atoms with van der Waals surface area (Å²) < 4.78 is 11.0. The fourth-order valence-electron chi connectivity index (χ4n) is 3.19. The number of hydrogen-bond donors (Lipinski definition) is 2. The van der Waals surface area contributed by atoms with Crippen LogP contribution in [0.3, 0.4) is 0 Å². The molecule has 3 rings (SSSR count). The van der Waals surface area contributed by atoms with Crippen LogP contribution in [-0.2, 0) is 0 Å². The Kier molecular flexibility index (Phi) is 4.88. The minimum Gasteiger partial charge on any atom is -0.497 e. The molecule has 4 heteroatoms. The van der Waals surface area contributed by atoms with Crippen LogP contribution in [-0.4, -0.2) is 32.9 Å². The first-order chi connectivity index (χ1) is 11.7. The molecule has 0 fully saturated rings. The molecule has 0 spiro atoms. The molecular weight excluding hydrogens is 302 g/mol. The topological polar surface area (TPSA) is 50.7 Å². The molecule has 24 heavy (non-hydrogen) atoms. The van der Waals surface area contributed by atoms with Gasteiger partial charge in [0.1, 0.15) is 11.5 Å². The lowest BCUT2D eigenvalue weighted by Gasteiger charge is -2.17. The molecule has 126 valence electrons. The smallest absolute Gasteiger partial charge is 0.127 e. The first-order valence-electron chi connectivity index (χ1n) is 8.09. The summed E-state index contributed by atoms with van der Waals surface area (Å²) in [5.74, 6) is 1.61. The van der Waals surface area contributed by atoms with E-state index in [0.717, 1.165) is 45.2 Å². The SMILES string of the molecule is CNCCC(O)c1cc2cccc(OC)c2c2cc(OC)ccc12. The molecule has 0 saturated carbocycles. The lowest BCUT2D eigenvalue weighted by atomic mass is 9.93. The molecule has 0 saturated heterocycles. The normalized spacial score (nSPS) is 12.5. The highest BCUT2D eigenvalue weighted by atomic mass is 16.5. The molecule has 0 bridgehead atoms. The van der Waals surface area contributed by atoms with Crippen molar-refractivity contribution in [3.05, 3.63) is 48.0 Å². The van der Waals surface area contributed by atoms with Gasteiger partial charge in [0, 0.05) is 5.39 Å². The predicted octanol–water partition coefficient (Wildman–Crippen LogP) is 3.65. The molecule has 1 unspecified atom stereocenters. The molecule has 0 aliphatic heterocycles. The van der Waals surface area contributed by atoms with Crippen molar-refractivity contribution in [3.63, 3.8) is 0 Å². The minimum atomic E-state index is -0.524. The van der Waals surface area contributed by atoms with E-state index in [-0.39, 0.29) is 0 Å². The van der Waals surface area contributed by atoms with Crippen LogP contribution in [0.25, 0.3) is 21.5 Å². The summed E-state index contributed by atoms with van der Waals surface area (Å²) in [5, 5.41) is 17.9. The van der Waals surface area contributed by atoms with Gasteiger partial charge in [-0.1, -0.05) is 18.2 Å². The van der Waals surface area contributed by atoms with Crippen LogP contribution in [0.15, 0.2) is 42.5 Å². The van der Waals surface area contributed by atoms with Crippen LogP contribution >= 0.6 is 0 Å². The molecule has 0 aliphatic rings. The summed E-state index contributed by atoms with van der Waals surface area (Å²) in [5.41, 5.74) is 0.934. The second-order valence-corrected chi connectivity index (χ2v) is 5.84. The molecule has 0 aliphatic carbocycles.